The Morgan fingerprint density at radius 3 is 2.95 bits per heavy atom. The van der Waals surface area contributed by atoms with Gasteiger partial charge in [-0.2, -0.15) is 0 Å². The first-order valence-corrected chi connectivity index (χ1v) is 7.30. The first-order chi connectivity index (χ1) is 9.06. The third-order valence-electron chi connectivity index (χ3n) is 2.92. The van der Waals surface area contributed by atoms with Gasteiger partial charge in [0.1, 0.15) is 15.9 Å². The molecule has 0 radical (unpaired) electrons. The van der Waals surface area contributed by atoms with Crippen LogP contribution in [0.3, 0.4) is 0 Å². The number of fused-ring (bicyclic) bond motifs is 1. The minimum absolute atomic E-state index is 0.173. The number of imide groups is 1. The summed E-state index contributed by atoms with van der Waals surface area (Å²) in [6, 6.07) is 1.86. The number of likely N-dealkylation sites (tertiary alicyclic amines) is 1. The van der Waals surface area contributed by atoms with E-state index < -0.39 is 5.25 Å². The van der Waals surface area contributed by atoms with Crippen LogP contribution in [0.15, 0.2) is 16.6 Å². The Labute approximate surface area is 117 Å². The van der Waals surface area contributed by atoms with E-state index in [0.717, 1.165) is 15.1 Å². The van der Waals surface area contributed by atoms with Crippen LogP contribution in [0, 0.1) is 0 Å². The molecule has 19 heavy (non-hydrogen) atoms. The van der Waals surface area contributed by atoms with E-state index in [1.165, 1.54) is 30.1 Å². The molecule has 2 N–H and O–H groups in total. The number of nitrogen functional groups attached to an aromatic ring is 1. The summed E-state index contributed by atoms with van der Waals surface area (Å²) < 4.78 is 0. The largest absolute Gasteiger partial charge is 0.383 e. The van der Waals surface area contributed by atoms with Gasteiger partial charge in [-0.15, -0.1) is 11.3 Å². The number of aromatic nitrogens is 2. The number of anilines is 1. The predicted molar refractivity (Wildman–Crippen MR) is 73.9 cm³/mol. The second kappa shape index (κ2) is 4.46. The maximum Gasteiger partial charge on any atom is 0.243 e. The molecule has 0 aromatic carbocycles. The van der Waals surface area contributed by atoms with Crippen LogP contribution in [-0.2, 0) is 9.59 Å². The Kier molecular flexibility index (Phi) is 2.90. The number of amides is 2. The number of thioether (sulfide) groups is 1. The minimum atomic E-state index is -0.450. The van der Waals surface area contributed by atoms with Crippen LogP contribution < -0.4 is 5.73 Å². The van der Waals surface area contributed by atoms with Crippen molar-refractivity contribution in [3.05, 3.63) is 11.4 Å². The average Bonchev–Trinajstić information content (AvgIpc) is 2.92. The summed E-state index contributed by atoms with van der Waals surface area (Å²) in [5.41, 5.74) is 5.84. The Morgan fingerprint density at radius 2 is 2.26 bits per heavy atom. The van der Waals surface area contributed by atoms with Crippen molar-refractivity contribution in [1.29, 1.82) is 0 Å². The molecule has 3 heterocycles. The van der Waals surface area contributed by atoms with Gasteiger partial charge >= 0.3 is 0 Å². The second-order valence-corrected chi connectivity index (χ2v) is 6.20. The van der Waals surface area contributed by atoms with Gasteiger partial charge in [-0.25, -0.2) is 9.97 Å². The van der Waals surface area contributed by atoms with Crippen LogP contribution in [-0.4, -0.2) is 39.0 Å². The topological polar surface area (TPSA) is 89.2 Å². The molecule has 2 amide bonds. The summed E-state index contributed by atoms with van der Waals surface area (Å²) in [4.78, 5) is 33.7. The average molecular weight is 294 g/mol. The normalized spacial score (nSPS) is 19.6. The van der Waals surface area contributed by atoms with E-state index in [2.05, 4.69) is 9.97 Å². The molecule has 98 valence electrons. The lowest BCUT2D eigenvalue weighted by molar-refractivity contribution is -0.136. The van der Waals surface area contributed by atoms with Crippen molar-refractivity contribution in [2.24, 2.45) is 0 Å². The molecule has 1 saturated heterocycles. The molecule has 0 aliphatic carbocycles. The molecular weight excluding hydrogens is 284 g/mol. The second-order valence-electron chi connectivity index (χ2n) is 4.13. The van der Waals surface area contributed by atoms with Crippen LogP contribution in [0.2, 0.25) is 0 Å². The number of nitrogens with two attached hydrogens (primary N) is 1. The summed E-state index contributed by atoms with van der Waals surface area (Å²) in [6.07, 6.45) is 0.186. The van der Waals surface area contributed by atoms with Gasteiger partial charge in [0.25, 0.3) is 0 Å². The van der Waals surface area contributed by atoms with Gasteiger partial charge in [-0.05, 0) is 11.4 Å². The molecule has 2 aromatic heterocycles. The third kappa shape index (κ3) is 2.06. The van der Waals surface area contributed by atoms with E-state index in [9.17, 15) is 9.59 Å². The molecular formula is C11H10N4O2S2. The number of hydrogen-bond acceptors (Lipinski definition) is 7. The highest BCUT2D eigenvalue weighted by molar-refractivity contribution is 8.00. The molecule has 1 aliphatic rings. The number of thiophene rings is 1. The maximum atomic E-state index is 11.8. The van der Waals surface area contributed by atoms with Crippen molar-refractivity contribution in [3.63, 3.8) is 0 Å². The highest BCUT2D eigenvalue weighted by Crippen LogP contribution is 2.32. The molecule has 0 spiro atoms. The molecule has 8 heteroatoms. The van der Waals surface area contributed by atoms with Gasteiger partial charge in [0.05, 0.1) is 5.39 Å². The van der Waals surface area contributed by atoms with E-state index in [4.69, 9.17) is 5.73 Å². The quantitative estimate of drug-likeness (QED) is 0.659. The fraction of sp³-hybridized carbons (Fsp3) is 0.273. The summed E-state index contributed by atoms with van der Waals surface area (Å²) in [6.45, 7) is 0. The van der Waals surface area contributed by atoms with Crippen LogP contribution in [0.5, 0.6) is 0 Å². The van der Waals surface area contributed by atoms with Crippen LogP contribution in [0.1, 0.15) is 6.42 Å². The number of nitrogens with zero attached hydrogens (tertiary/aromatic N) is 3. The lowest BCUT2D eigenvalue weighted by Crippen LogP contribution is -2.26. The minimum Gasteiger partial charge on any atom is -0.383 e. The molecule has 0 saturated carbocycles. The Hall–Kier alpha value is -1.67. The SMILES string of the molecule is CN1C(=O)CC(Sc2nc(N)c3ccsc3n2)C1=O. The molecule has 3 rings (SSSR count). The van der Waals surface area contributed by atoms with Crippen molar-refractivity contribution >= 4 is 50.9 Å². The fourth-order valence-corrected chi connectivity index (χ4v) is 3.72. The van der Waals surface area contributed by atoms with E-state index in [0.29, 0.717) is 11.0 Å². The van der Waals surface area contributed by atoms with Crippen molar-refractivity contribution in [3.8, 4) is 0 Å². The summed E-state index contributed by atoms with van der Waals surface area (Å²) in [5, 5.41) is 2.70. The highest BCUT2D eigenvalue weighted by Gasteiger charge is 2.37. The Balaban J connectivity index is 1.90. The van der Waals surface area contributed by atoms with Gasteiger partial charge in [-0.1, -0.05) is 11.8 Å². The molecule has 1 aliphatic heterocycles. The van der Waals surface area contributed by atoms with Gasteiger partial charge in [-0.3, -0.25) is 14.5 Å². The van der Waals surface area contributed by atoms with Crippen LogP contribution >= 0.6 is 23.1 Å². The molecule has 1 fully saturated rings. The smallest absolute Gasteiger partial charge is 0.243 e. The first-order valence-electron chi connectivity index (χ1n) is 5.54. The monoisotopic (exact) mass is 294 g/mol. The summed E-state index contributed by atoms with van der Waals surface area (Å²) in [7, 11) is 1.49. The molecule has 1 atom stereocenters. The molecule has 1 unspecified atom stereocenters. The van der Waals surface area contributed by atoms with E-state index >= 15 is 0 Å². The Morgan fingerprint density at radius 1 is 1.47 bits per heavy atom. The highest BCUT2D eigenvalue weighted by atomic mass is 32.2. The lowest BCUT2D eigenvalue weighted by atomic mass is 10.4. The van der Waals surface area contributed by atoms with E-state index in [1.807, 2.05) is 11.4 Å². The number of carbonyl (C=O) groups is 2. The molecule has 6 nitrogen and oxygen atoms in total. The van der Waals surface area contributed by atoms with Gasteiger partial charge < -0.3 is 5.73 Å². The summed E-state index contributed by atoms with van der Waals surface area (Å²) >= 11 is 2.66. The predicted octanol–water partition coefficient (Wildman–Crippen LogP) is 1.12. The van der Waals surface area contributed by atoms with Crippen molar-refractivity contribution in [2.45, 2.75) is 16.8 Å². The molecule has 2 aromatic rings. The number of rotatable bonds is 2. The van der Waals surface area contributed by atoms with Crippen LogP contribution in [0.4, 0.5) is 5.82 Å². The lowest BCUT2D eigenvalue weighted by Gasteiger charge is -2.07. The molecule has 0 bridgehead atoms. The zero-order chi connectivity index (χ0) is 13.6. The van der Waals surface area contributed by atoms with E-state index in [-0.39, 0.29) is 18.2 Å². The number of hydrogen-bond donors (Lipinski definition) is 1. The number of carbonyl (C=O) groups excluding carboxylic acids is 2. The standard InChI is InChI=1S/C11H10N4O2S2/c1-15-7(16)4-6(10(15)17)19-11-13-8(12)5-2-3-18-9(5)14-11/h2-3,6H,4H2,1H3,(H2,12,13,14). The third-order valence-corrected chi connectivity index (χ3v) is 4.77. The first kappa shape index (κ1) is 12.4. The van der Waals surface area contributed by atoms with Crippen molar-refractivity contribution < 1.29 is 9.59 Å². The Bertz CT molecular complexity index is 684. The zero-order valence-electron chi connectivity index (χ0n) is 9.99. The van der Waals surface area contributed by atoms with Crippen molar-refractivity contribution in [2.75, 3.05) is 12.8 Å². The van der Waals surface area contributed by atoms with Crippen LogP contribution in [0.25, 0.3) is 10.2 Å². The van der Waals surface area contributed by atoms with Gasteiger partial charge in [0, 0.05) is 13.5 Å². The van der Waals surface area contributed by atoms with Gasteiger partial charge in [0.15, 0.2) is 5.16 Å². The fourth-order valence-electron chi connectivity index (χ4n) is 1.85. The van der Waals surface area contributed by atoms with E-state index in [1.54, 1.807) is 0 Å². The zero-order valence-corrected chi connectivity index (χ0v) is 11.6. The maximum absolute atomic E-state index is 11.8. The van der Waals surface area contributed by atoms with Gasteiger partial charge in [0.2, 0.25) is 11.8 Å². The summed E-state index contributed by atoms with van der Waals surface area (Å²) in [5.74, 6) is 0.0231. The van der Waals surface area contributed by atoms with Crippen molar-refractivity contribution in [1.82, 2.24) is 14.9 Å².